The van der Waals surface area contributed by atoms with Crippen molar-refractivity contribution < 1.29 is 0 Å². The SMILES string of the molecule is C(=Nn1cnnc1)c1cccs1. The van der Waals surface area contributed by atoms with Gasteiger partial charge in [-0.25, -0.2) is 4.68 Å². The van der Waals surface area contributed by atoms with Gasteiger partial charge in [0.1, 0.15) is 12.7 Å². The minimum absolute atomic E-state index is 1.11. The maximum absolute atomic E-state index is 4.09. The molecule has 0 spiro atoms. The summed E-state index contributed by atoms with van der Waals surface area (Å²) >= 11 is 1.64. The molecule has 2 aromatic rings. The largest absolute Gasteiger partial charge is 0.208 e. The standard InChI is InChI=1S/C7H6N4S/c1-2-7(12-3-1)4-10-11-5-8-9-6-11/h1-6H. The molecule has 0 saturated heterocycles. The van der Waals surface area contributed by atoms with Crippen molar-refractivity contribution >= 4 is 17.6 Å². The summed E-state index contributed by atoms with van der Waals surface area (Å²) in [5, 5.41) is 13.3. The van der Waals surface area contributed by atoms with Crippen molar-refractivity contribution in [3.63, 3.8) is 0 Å². The Kier molecular flexibility index (Phi) is 1.96. The summed E-state index contributed by atoms with van der Waals surface area (Å²) in [6.45, 7) is 0. The molecule has 2 heterocycles. The highest BCUT2D eigenvalue weighted by molar-refractivity contribution is 7.11. The zero-order chi connectivity index (χ0) is 8.23. The van der Waals surface area contributed by atoms with Gasteiger partial charge in [0.15, 0.2) is 0 Å². The van der Waals surface area contributed by atoms with Crippen molar-refractivity contribution in [1.82, 2.24) is 14.9 Å². The predicted molar refractivity (Wildman–Crippen MR) is 47.3 cm³/mol. The maximum atomic E-state index is 4.09. The fourth-order valence-corrected chi connectivity index (χ4v) is 1.32. The Morgan fingerprint density at radius 2 is 2.25 bits per heavy atom. The van der Waals surface area contributed by atoms with Crippen molar-refractivity contribution in [1.29, 1.82) is 0 Å². The molecule has 0 atom stereocenters. The van der Waals surface area contributed by atoms with E-state index in [0.717, 1.165) is 4.88 Å². The van der Waals surface area contributed by atoms with E-state index >= 15 is 0 Å². The van der Waals surface area contributed by atoms with E-state index in [9.17, 15) is 0 Å². The lowest BCUT2D eigenvalue weighted by Gasteiger charge is -1.85. The highest BCUT2D eigenvalue weighted by Crippen LogP contribution is 2.04. The summed E-state index contributed by atoms with van der Waals surface area (Å²) in [5.74, 6) is 0. The molecule has 5 heteroatoms. The van der Waals surface area contributed by atoms with Gasteiger partial charge in [-0.05, 0) is 11.4 Å². The van der Waals surface area contributed by atoms with Crippen LogP contribution in [-0.2, 0) is 0 Å². The lowest BCUT2D eigenvalue weighted by Crippen LogP contribution is -1.83. The van der Waals surface area contributed by atoms with Gasteiger partial charge in [0.05, 0.1) is 6.21 Å². The molecule has 0 N–H and O–H groups in total. The molecule has 2 aromatic heterocycles. The Balaban J connectivity index is 2.14. The molecule has 4 nitrogen and oxygen atoms in total. The van der Waals surface area contributed by atoms with Crippen LogP contribution in [0, 0.1) is 0 Å². The second kappa shape index (κ2) is 3.27. The summed E-state index contributed by atoms with van der Waals surface area (Å²) in [4.78, 5) is 1.11. The van der Waals surface area contributed by atoms with E-state index in [1.54, 1.807) is 34.9 Å². The number of hydrogen-bond donors (Lipinski definition) is 0. The first-order chi connectivity index (χ1) is 5.95. The summed E-state index contributed by atoms with van der Waals surface area (Å²) in [6, 6.07) is 3.98. The molecule has 60 valence electrons. The molecule has 0 radical (unpaired) electrons. The molecule has 0 saturated carbocycles. The highest BCUT2D eigenvalue weighted by atomic mass is 32.1. The third-order valence-corrected chi connectivity index (χ3v) is 2.07. The molecule has 0 fully saturated rings. The molecule has 0 bridgehead atoms. The first-order valence-electron chi connectivity index (χ1n) is 3.37. The van der Waals surface area contributed by atoms with Crippen LogP contribution in [0.15, 0.2) is 35.3 Å². The minimum atomic E-state index is 1.11. The summed E-state index contributed by atoms with van der Waals surface area (Å²) in [7, 11) is 0. The van der Waals surface area contributed by atoms with Gasteiger partial charge in [-0.15, -0.1) is 21.5 Å². The Labute approximate surface area is 73.2 Å². The molecular weight excluding hydrogens is 172 g/mol. The Morgan fingerprint density at radius 1 is 1.42 bits per heavy atom. The number of thiophene rings is 1. The lowest BCUT2D eigenvalue weighted by atomic mass is 10.5. The molecule has 0 unspecified atom stereocenters. The number of rotatable bonds is 2. The van der Waals surface area contributed by atoms with Gasteiger partial charge in [0.2, 0.25) is 0 Å². The second-order valence-corrected chi connectivity index (χ2v) is 3.08. The van der Waals surface area contributed by atoms with Crippen molar-refractivity contribution in [3.8, 4) is 0 Å². The van der Waals surface area contributed by atoms with E-state index in [-0.39, 0.29) is 0 Å². The van der Waals surface area contributed by atoms with Gasteiger partial charge in [-0.2, -0.15) is 5.10 Å². The molecule has 0 aliphatic carbocycles. The average molecular weight is 178 g/mol. The van der Waals surface area contributed by atoms with Gasteiger partial charge >= 0.3 is 0 Å². The van der Waals surface area contributed by atoms with Crippen LogP contribution < -0.4 is 0 Å². The van der Waals surface area contributed by atoms with Crippen LogP contribution in [0.1, 0.15) is 4.88 Å². The van der Waals surface area contributed by atoms with E-state index in [4.69, 9.17) is 0 Å². The normalized spacial score (nSPS) is 11.0. The molecule has 2 rings (SSSR count). The van der Waals surface area contributed by atoms with E-state index in [1.165, 1.54) is 0 Å². The molecule has 0 amide bonds. The van der Waals surface area contributed by atoms with Crippen LogP contribution in [0.25, 0.3) is 0 Å². The predicted octanol–water partition coefficient (Wildman–Crippen LogP) is 1.22. The molecule has 0 aliphatic rings. The van der Waals surface area contributed by atoms with E-state index in [1.807, 2.05) is 17.5 Å². The van der Waals surface area contributed by atoms with Crippen LogP contribution in [0.3, 0.4) is 0 Å². The Hall–Kier alpha value is -1.49. The Morgan fingerprint density at radius 3 is 2.92 bits per heavy atom. The van der Waals surface area contributed by atoms with Crippen LogP contribution in [0.4, 0.5) is 0 Å². The number of nitrogens with zero attached hydrogens (tertiary/aromatic N) is 4. The topological polar surface area (TPSA) is 43.1 Å². The Bertz CT molecular complexity index is 312. The van der Waals surface area contributed by atoms with Crippen molar-refractivity contribution in [2.75, 3.05) is 0 Å². The summed E-state index contributed by atoms with van der Waals surface area (Å²) < 4.78 is 1.56. The fourth-order valence-electron chi connectivity index (χ4n) is 0.743. The van der Waals surface area contributed by atoms with Crippen LogP contribution in [0.2, 0.25) is 0 Å². The van der Waals surface area contributed by atoms with Crippen LogP contribution >= 0.6 is 11.3 Å². The van der Waals surface area contributed by atoms with Gasteiger partial charge < -0.3 is 0 Å². The van der Waals surface area contributed by atoms with Crippen LogP contribution in [0.5, 0.6) is 0 Å². The molecule has 0 aliphatic heterocycles. The summed E-state index contributed by atoms with van der Waals surface area (Å²) in [5.41, 5.74) is 0. The number of hydrogen-bond acceptors (Lipinski definition) is 4. The first kappa shape index (κ1) is 7.17. The zero-order valence-electron chi connectivity index (χ0n) is 6.16. The maximum Gasteiger partial charge on any atom is 0.141 e. The minimum Gasteiger partial charge on any atom is -0.208 e. The quantitative estimate of drug-likeness (QED) is 0.649. The fraction of sp³-hybridized carbons (Fsp3) is 0. The van der Waals surface area contributed by atoms with Gasteiger partial charge in [-0.1, -0.05) is 6.07 Å². The van der Waals surface area contributed by atoms with E-state index in [2.05, 4.69) is 15.3 Å². The van der Waals surface area contributed by atoms with Gasteiger partial charge in [0, 0.05) is 4.88 Å². The third kappa shape index (κ3) is 1.57. The van der Waals surface area contributed by atoms with Crippen molar-refractivity contribution in [2.24, 2.45) is 5.10 Å². The van der Waals surface area contributed by atoms with Gasteiger partial charge in [0.25, 0.3) is 0 Å². The molecular formula is C7H6N4S. The monoisotopic (exact) mass is 178 g/mol. The van der Waals surface area contributed by atoms with E-state index in [0.29, 0.717) is 0 Å². The lowest BCUT2D eigenvalue weighted by molar-refractivity contribution is 0.879. The van der Waals surface area contributed by atoms with E-state index < -0.39 is 0 Å². The summed E-state index contributed by atoms with van der Waals surface area (Å²) in [6.07, 6.45) is 4.86. The zero-order valence-corrected chi connectivity index (χ0v) is 6.98. The van der Waals surface area contributed by atoms with Gasteiger partial charge in [-0.3, -0.25) is 0 Å². The average Bonchev–Trinajstić information content (AvgIpc) is 2.74. The van der Waals surface area contributed by atoms with Crippen LogP contribution in [-0.4, -0.2) is 21.1 Å². The molecule has 0 aromatic carbocycles. The number of aromatic nitrogens is 3. The van der Waals surface area contributed by atoms with Crippen molar-refractivity contribution in [3.05, 3.63) is 35.0 Å². The third-order valence-electron chi connectivity index (χ3n) is 1.27. The van der Waals surface area contributed by atoms with Crippen molar-refractivity contribution in [2.45, 2.75) is 0 Å². The smallest absolute Gasteiger partial charge is 0.141 e. The highest BCUT2D eigenvalue weighted by Gasteiger charge is 1.86. The molecule has 12 heavy (non-hydrogen) atoms. The second-order valence-electron chi connectivity index (χ2n) is 2.10. The first-order valence-corrected chi connectivity index (χ1v) is 4.25.